The molecule has 2 unspecified atom stereocenters. The number of carboxylic acid groups (broad SMARTS) is 1. The van der Waals surface area contributed by atoms with Crippen LogP contribution in [0.2, 0.25) is 0 Å². The molecule has 1 aliphatic rings. The molecule has 1 N–H and O–H groups in total. The third-order valence-electron chi connectivity index (χ3n) is 4.66. The highest BCUT2D eigenvalue weighted by molar-refractivity contribution is 7.98. The maximum absolute atomic E-state index is 12.7. The number of hydrogen-bond donors (Lipinski definition) is 1. The molecule has 1 aromatic heterocycles. The highest BCUT2D eigenvalue weighted by atomic mass is 32.2. The van der Waals surface area contributed by atoms with Crippen molar-refractivity contribution in [1.29, 1.82) is 0 Å². The quantitative estimate of drug-likeness (QED) is 0.784. The Labute approximate surface area is 161 Å². The Morgan fingerprint density at radius 2 is 2.08 bits per heavy atom. The van der Waals surface area contributed by atoms with Crippen LogP contribution in [-0.2, 0) is 10.5 Å². The summed E-state index contributed by atoms with van der Waals surface area (Å²) in [7, 11) is 0. The summed E-state index contributed by atoms with van der Waals surface area (Å²) in [6, 6.07) is 7.63. The number of aromatic nitrogens is 1. The number of rotatable bonds is 5. The summed E-state index contributed by atoms with van der Waals surface area (Å²) in [5.41, 5.74) is 1.73. The maximum Gasteiger partial charge on any atom is 0.306 e. The third kappa shape index (κ3) is 4.45. The highest BCUT2D eigenvalue weighted by Crippen LogP contribution is 2.26. The zero-order valence-corrected chi connectivity index (χ0v) is 16.5. The zero-order chi connectivity index (χ0) is 18.7. The van der Waals surface area contributed by atoms with Crippen LogP contribution in [0, 0.1) is 18.8 Å². The Bertz CT molecular complexity index is 788. The van der Waals surface area contributed by atoms with E-state index in [-0.39, 0.29) is 17.7 Å². The zero-order valence-electron chi connectivity index (χ0n) is 14.8. The van der Waals surface area contributed by atoms with Crippen LogP contribution in [0.3, 0.4) is 0 Å². The van der Waals surface area contributed by atoms with E-state index in [2.05, 4.69) is 10.4 Å². The third-order valence-corrected chi connectivity index (χ3v) is 6.53. The van der Waals surface area contributed by atoms with Crippen LogP contribution < -0.4 is 0 Å². The van der Waals surface area contributed by atoms with Gasteiger partial charge in [-0.2, -0.15) is 0 Å². The molecular formula is C19H22N2O3S2. The summed E-state index contributed by atoms with van der Waals surface area (Å²) < 4.78 is 0. The lowest BCUT2D eigenvalue weighted by molar-refractivity contribution is -0.145. The van der Waals surface area contributed by atoms with Gasteiger partial charge in [0.15, 0.2) is 0 Å². The van der Waals surface area contributed by atoms with Crippen molar-refractivity contribution in [2.45, 2.75) is 30.9 Å². The lowest BCUT2D eigenvalue weighted by Crippen LogP contribution is -2.44. The second-order valence-corrected chi connectivity index (χ2v) is 8.74. The van der Waals surface area contributed by atoms with Gasteiger partial charge in [0, 0.05) is 34.7 Å². The number of aliphatic carboxylic acids is 1. The minimum Gasteiger partial charge on any atom is -0.481 e. The first-order valence-corrected chi connectivity index (χ1v) is 10.5. The SMILES string of the molecule is Cc1nc(CSc2ccc(C(=O)N3CCC(C(=O)O)C(C)C3)cc2)cs1. The molecule has 1 amide bonds. The van der Waals surface area contributed by atoms with Crippen LogP contribution in [0.15, 0.2) is 34.5 Å². The van der Waals surface area contributed by atoms with Crippen LogP contribution >= 0.6 is 23.1 Å². The number of carboxylic acids is 1. The van der Waals surface area contributed by atoms with E-state index in [0.29, 0.717) is 25.1 Å². The smallest absolute Gasteiger partial charge is 0.306 e. The average Bonchev–Trinajstić information content (AvgIpc) is 3.04. The Balaban J connectivity index is 1.57. The molecule has 3 rings (SSSR count). The Hall–Kier alpha value is -1.86. The first-order valence-electron chi connectivity index (χ1n) is 8.60. The number of carbonyl (C=O) groups is 2. The van der Waals surface area contributed by atoms with E-state index in [1.165, 1.54) is 0 Å². The second kappa shape index (κ2) is 8.22. The maximum atomic E-state index is 12.7. The van der Waals surface area contributed by atoms with E-state index in [1.54, 1.807) is 28.0 Å². The van der Waals surface area contributed by atoms with Crippen LogP contribution in [0.5, 0.6) is 0 Å². The van der Waals surface area contributed by atoms with E-state index < -0.39 is 5.97 Å². The number of piperidine rings is 1. The number of thioether (sulfide) groups is 1. The lowest BCUT2D eigenvalue weighted by Gasteiger charge is -2.35. The van der Waals surface area contributed by atoms with Gasteiger partial charge in [0.05, 0.1) is 16.6 Å². The van der Waals surface area contributed by atoms with Crippen LogP contribution in [0.25, 0.3) is 0 Å². The summed E-state index contributed by atoms with van der Waals surface area (Å²) in [5, 5.41) is 12.3. The number of aryl methyl sites for hydroxylation is 1. The second-order valence-electron chi connectivity index (χ2n) is 6.63. The van der Waals surface area contributed by atoms with Crippen LogP contribution in [-0.4, -0.2) is 40.0 Å². The van der Waals surface area contributed by atoms with E-state index in [0.717, 1.165) is 21.3 Å². The van der Waals surface area contributed by atoms with Crippen molar-refractivity contribution in [3.8, 4) is 0 Å². The van der Waals surface area contributed by atoms with Crippen molar-refractivity contribution in [3.05, 3.63) is 45.9 Å². The Kier molecular flexibility index (Phi) is 5.98. The number of likely N-dealkylation sites (tertiary alicyclic amines) is 1. The van der Waals surface area contributed by atoms with E-state index in [1.807, 2.05) is 38.1 Å². The Morgan fingerprint density at radius 3 is 2.65 bits per heavy atom. The van der Waals surface area contributed by atoms with Crippen molar-refractivity contribution in [2.75, 3.05) is 13.1 Å². The van der Waals surface area contributed by atoms with Gasteiger partial charge in [-0.15, -0.1) is 23.1 Å². The summed E-state index contributed by atoms with van der Waals surface area (Å²) in [6.45, 7) is 4.90. The number of hydrogen-bond acceptors (Lipinski definition) is 5. The summed E-state index contributed by atoms with van der Waals surface area (Å²) in [5.74, 6) is -0.347. The number of amides is 1. The highest BCUT2D eigenvalue weighted by Gasteiger charge is 2.33. The van der Waals surface area contributed by atoms with Gasteiger partial charge >= 0.3 is 5.97 Å². The summed E-state index contributed by atoms with van der Waals surface area (Å²) >= 11 is 3.35. The molecule has 0 bridgehead atoms. The largest absolute Gasteiger partial charge is 0.481 e. The molecule has 5 nitrogen and oxygen atoms in total. The molecule has 138 valence electrons. The van der Waals surface area contributed by atoms with Gasteiger partial charge in [0.25, 0.3) is 5.91 Å². The normalized spacial score (nSPS) is 20.2. The monoisotopic (exact) mass is 390 g/mol. The fraction of sp³-hybridized carbons (Fsp3) is 0.421. The predicted molar refractivity (Wildman–Crippen MR) is 104 cm³/mol. The van der Waals surface area contributed by atoms with Crippen LogP contribution in [0.1, 0.15) is 34.4 Å². The van der Waals surface area contributed by atoms with Gasteiger partial charge in [-0.05, 0) is 43.5 Å². The molecule has 0 aliphatic carbocycles. The molecule has 1 aliphatic heterocycles. The fourth-order valence-electron chi connectivity index (χ4n) is 3.21. The minimum absolute atomic E-state index is 0.0210. The molecule has 0 saturated carbocycles. The predicted octanol–water partition coefficient (Wildman–Crippen LogP) is 3.93. The first kappa shape index (κ1) is 18.9. The minimum atomic E-state index is -0.763. The standard InChI is InChI=1S/C19H22N2O3S2/c1-12-9-21(8-7-17(12)19(23)24)18(22)14-3-5-16(6-4-14)26-11-15-10-25-13(2)20-15/h3-6,10,12,17H,7-9,11H2,1-2H3,(H,23,24). The first-order chi connectivity index (χ1) is 12.4. The average molecular weight is 391 g/mol. The van der Waals surface area contributed by atoms with E-state index >= 15 is 0 Å². The van der Waals surface area contributed by atoms with Crippen molar-refractivity contribution < 1.29 is 14.7 Å². The van der Waals surface area contributed by atoms with Crippen molar-refractivity contribution in [3.63, 3.8) is 0 Å². The molecule has 7 heteroatoms. The van der Waals surface area contributed by atoms with Crippen LogP contribution in [0.4, 0.5) is 0 Å². The lowest BCUT2D eigenvalue weighted by atomic mass is 9.87. The number of carbonyl (C=O) groups excluding carboxylic acids is 1. The van der Waals surface area contributed by atoms with Crippen molar-refractivity contribution in [1.82, 2.24) is 9.88 Å². The van der Waals surface area contributed by atoms with Gasteiger partial charge < -0.3 is 10.0 Å². The number of thiazole rings is 1. The van der Waals surface area contributed by atoms with Gasteiger partial charge in [-0.25, -0.2) is 4.98 Å². The van der Waals surface area contributed by atoms with Crippen molar-refractivity contribution in [2.24, 2.45) is 11.8 Å². The topological polar surface area (TPSA) is 70.5 Å². The summed E-state index contributed by atoms with van der Waals surface area (Å²) in [6.07, 6.45) is 0.517. The van der Waals surface area contributed by atoms with Gasteiger partial charge in [0.2, 0.25) is 0 Å². The summed E-state index contributed by atoms with van der Waals surface area (Å²) in [4.78, 5) is 31.2. The van der Waals surface area contributed by atoms with E-state index in [4.69, 9.17) is 0 Å². The molecule has 2 heterocycles. The van der Waals surface area contributed by atoms with E-state index in [9.17, 15) is 14.7 Å². The Morgan fingerprint density at radius 1 is 1.35 bits per heavy atom. The molecule has 0 spiro atoms. The van der Waals surface area contributed by atoms with Gasteiger partial charge in [-0.3, -0.25) is 9.59 Å². The molecular weight excluding hydrogens is 368 g/mol. The number of benzene rings is 1. The van der Waals surface area contributed by atoms with Gasteiger partial charge in [0.1, 0.15) is 0 Å². The van der Waals surface area contributed by atoms with Crippen molar-refractivity contribution >= 4 is 35.0 Å². The molecule has 26 heavy (non-hydrogen) atoms. The molecule has 2 aromatic rings. The molecule has 1 aromatic carbocycles. The molecule has 1 fully saturated rings. The fourth-order valence-corrected chi connectivity index (χ4v) is 4.71. The molecule has 2 atom stereocenters. The van der Waals surface area contributed by atoms with Gasteiger partial charge in [-0.1, -0.05) is 6.92 Å². The molecule has 0 radical (unpaired) electrons. The molecule has 1 saturated heterocycles. The number of nitrogens with zero attached hydrogens (tertiary/aromatic N) is 2.